The minimum atomic E-state index is -1.31. The zero-order chi connectivity index (χ0) is 19.8. The van der Waals surface area contributed by atoms with E-state index >= 15 is 0 Å². The third kappa shape index (κ3) is 4.86. The number of aromatic carboxylic acids is 1. The first kappa shape index (κ1) is 19.5. The van der Waals surface area contributed by atoms with E-state index in [0.717, 1.165) is 0 Å². The molecule has 0 unspecified atom stereocenters. The summed E-state index contributed by atoms with van der Waals surface area (Å²) in [6.07, 6.45) is 1.40. The smallest absolute Gasteiger partial charge is 0.266 e. The van der Waals surface area contributed by atoms with Crippen LogP contribution in [0.1, 0.15) is 22.8 Å². The van der Waals surface area contributed by atoms with Crippen LogP contribution < -0.4 is 19.9 Å². The summed E-state index contributed by atoms with van der Waals surface area (Å²) in [5.74, 6) is -1.03. The second-order valence-electron chi connectivity index (χ2n) is 5.30. The number of carboxylic acid groups (broad SMARTS) is 1. The van der Waals surface area contributed by atoms with Crippen LogP contribution >= 0.6 is 0 Å². The summed E-state index contributed by atoms with van der Waals surface area (Å²) in [6.45, 7) is 2.28. The Hall–Kier alpha value is -3.79. The first-order chi connectivity index (χ1) is 13.0. The highest BCUT2D eigenvalue weighted by molar-refractivity contribution is 6.10. The summed E-state index contributed by atoms with van der Waals surface area (Å²) < 4.78 is 10.8. The van der Waals surface area contributed by atoms with Crippen LogP contribution in [0.15, 0.2) is 48.0 Å². The number of methoxy groups -OCH3 is 1. The second kappa shape index (κ2) is 9.06. The Kier molecular flexibility index (Phi) is 6.55. The molecule has 0 radical (unpaired) electrons. The first-order valence-electron chi connectivity index (χ1n) is 8.04. The zero-order valence-corrected chi connectivity index (χ0v) is 14.8. The third-order valence-corrected chi connectivity index (χ3v) is 3.56. The highest BCUT2D eigenvalue weighted by atomic mass is 16.5. The quantitative estimate of drug-likeness (QED) is 0.593. The number of nitrogens with one attached hydrogen (secondary N) is 1. The molecule has 138 valence electrons. The molecule has 2 aromatic rings. The van der Waals surface area contributed by atoms with E-state index in [1.807, 2.05) is 13.0 Å². The van der Waals surface area contributed by atoms with Crippen molar-refractivity contribution in [2.75, 3.05) is 19.0 Å². The summed E-state index contributed by atoms with van der Waals surface area (Å²) in [5.41, 5.74) is 0.705. The minimum absolute atomic E-state index is 0.0125. The number of nitrogens with zero attached hydrogens (tertiary/aromatic N) is 1. The van der Waals surface area contributed by atoms with E-state index in [2.05, 4.69) is 5.32 Å². The predicted octanol–water partition coefficient (Wildman–Crippen LogP) is 2.00. The molecule has 7 heteroatoms. The van der Waals surface area contributed by atoms with Crippen molar-refractivity contribution in [1.29, 1.82) is 5.26 Å². The van der Waals surface area contributed by atoms with E-state index < -0.39 is 11.9 Å². The molecule has 2 rings (SSSR count). The normalized spacial score (nSPS) is 10.6. The molecule has 1 amide bonds. The number of nitriles is 1. The van der Waals surface area contributed by atoms with Crippen LogP contribution in [0.3, 0.4) is 0 Å². The molecule has 0 aliphatic rings. The Labute approximate surface area is 156 Å². The first-order valence-corrected chi connectivity index (χ1v) is 8.04. The molecular formula is C20H17N2O5-. The largest absolute Gasteiger partial charge is 0.545 e. The van der Waals surface area contributed by atoms with Crippen molar-refractivity contribution in [3.8, 4) is 17.6 Å². The van der Waals surface area contributed by atoms with Gasteiger partial charge in [-0.2, -0.15) is 5.26 Å². The van der Waals surface area contributed by atoms with Gasteiger partial charge in [0.2, 0.25) is 0 Å². The number of para-hydroxylation sites is 1. The molecular weight excluding hydrogens is 348 g/mol. The molecule has 0 aliphatic carbocycles. The van der Waals surface area contributed by atoms with Gasteiger partial charge in [-0.25, -0.2) is 0 Å². The van der Waals surface area contributed by atoms with Crippen LogP contribution in [0.2, 0.25) is 0 Å². The van der Waals surface area contributed by atoms with Crippen LogP contribution in [-0.4, -0.2) is 25.6 Å². The van der Waals surface area contributed by atoms with Crippen LogP contribution in [0, 0.1) is 11.3 Å². The maximum absolute atomic E-state index is 12.4. The molecule has 0 atom stereocenters. The van der Waals surface area contributed by atoms with Gasteiger partial charge >= 0.3 is 0 Å². The maximum atomic E-state index is 12.4. The molecule has 27 heavy (non-hydrogen) atoms. The van der Waals surface area contributed by atoms with Gasteiger partial charge in [-0.1, -0.05) is 24.3 Å². The van der Waals surface area contributed by atoms with Crippen molar-refractivity contribution in [2.45, 2.75) is 6.92 Å². The summed E-state index contributed by atoms with van der Waals surface area (Å²) >= 11 is 0. The molecule has 0 heterocycles. The molecule has 0 saturated carbocycles. The number of hydrogen-bond donors (Lipinski definition) is 1. The third-order valence-electron chi connectivity index (χ3n) is 3.56. The molecule has 0 fully saturated rings. The van der Waals surface area contributed by atoms with E-state index in [9.17, 15) is 20.0 Å². The standard InChI is InChI=1S/C20H18N2O5/c1-3-27-17-6-4-5-14(18(17)26-2)11-15(12-21)19(23)22-16-9-7-13(8-10-16)20(24)25/h4-11H,3H2,1-2H3,(H,22,23)(H,24,25)/p-1/b15-11+. The maximum Gasteiger partial charge on any atom is 0.266 e. The fourth-order valence-electron chi connectivity index (χ4n) is 2.33. The Morgan fingerprint density at radius 1 is 1.22 bits per heavy atom. The van der Waals surface area contributed by atoms with Gasteiger partial charge in [0.25, 0.3) is 5.91 Å². The molecule has 0 saturated heterocycles. The Morgan fingerprint density at radius 2 is 1.93 bits per heavy atom. The number of benzene rings is 2. The lowest BCUT2D eigenvalue weighted by molar-refractivity contribution is -0.255. The van der Waals surface area contributed by atoms with Crippen LogP contribution in [0.4, 0.5) is 5.69 Å². The lowest BCUT2D eigenvalue weighted by Gasteiger charge is -2.12. The number of carboxylic acids is 1. The Morgan fingerprint density at radius 3 is 2.48 bits per heavy atom. The monoisotopic (exact) mass is 365 g/mol. The molecule has 0 bridgehead atoms. The molecule has 1 N–H and O–H groups in total. The van der Waals surface area contributed by atoms with Gasteiger partial charge < -0.3 is 24.7 Å². The molecule has 0 aliphatic heterocycles. The Balaban J connectivity index is 2.28. The van der Waals surface area contributed by atoms with E-state index in [0.29, 0.717) is 29.4 Å². The second-order valence-corrected chi connectivity index (χ2v) is 5.30. The van der Waals surface area contributed by atoms with Crippen molar-refractivity contribution in [3.63, 3.8) is 0 Å². The van der Waals surface area contributed by atoms with Crippen molar-refractivity contribution >= 4 is 23.6 Å². The lowest BCUT2D eigenvalue weighted by Crippen LogP contribution is -2.22. The predicted molar refractivity (Wildman–Crippen MR) is 97.2 cm³/mol. The number of carbonyl (C=O) groups excluding carboxylic acids is 2. The van der Waals surface area contributed by atoms with Gasteiger partial charge in [0, 0.05) is 11.3 Å². The van der Waals surface area contributed by atoms with Crippen LogP contribution in [-0.2, 0) is 4.79 Å². The number of amides is 1. The lowest BCUT2D eigenvalue weighted by atomic mass is 10.1. The topological polar surface area (TPSA) is 111 Å². The van der Waals surface area contributed by atoms with Gasteiger partial charge in [0.1, 0.15) is 11.6 Å². The summed E-state index contributed by atoms with van der Waals surface area (Å²) in [5, 5.41) is 22.6. The molecule has 0 aromatic heterocycles. The fraction of sp³-hybridized carbons (Fsp3) is 0.150. The number of ether oxygens (including phenoxy) is 2. The number of carbonyl (C=O) groups is 2. The van der Waals surface area contributed by atoms with Gasteiger partial charge in [0.15, 0.2) is 11.5 Å². The van der Waals surface area contributed by atoms with Gasteiger partial charge in [-0.3, -0.25) is 4.79 Å². The van der Waals surface area contributed by atoms with Gasteiger partial charge in [0.05, 0.1) is 19.7 Å². The SMILES string of the molecule is CCOc1cccc(/C=C(\C#N)C(=O)Nc2ccc(C(=O)[O-])cc2)c1OC. The average molecular weight is 365 g/mol. The van der Waals surface area contributed by atoms with E-state index in [4.69, 9.17) is 9.47 Å². The number of anilines is 1. The molecule has 0 spiro atoms. The number of rotatable bonds is 7. The van der Waals surface area contributed by atoms with Crippen molar-refractivity contribution in [1.82, 2.24) is 0 Å². The zero-order valence-electron chi connectivity index (χ0n) is 14.8. The van der Waals surface area contributed by atoms with Crippen molar-refractivity contribution in [3.05, 3.63) is 59.2 Å². The van der Waals surface area contributed by atoms with Crippen LogP contribution in [0.25, 0.3) is 6.08 Å². The molecule has 2 aromatic carbocycles. The molecule has 7 nitrogen and oxygen atoms in total. The number of hydrogen-bond acceptors (Lipinski definition) is 6. The summed E-state index contributed by atoms with van der Waals surface area (Å²) in [4.78, 5) is 23.1. The van der Waals surface area contributed by atoms with Crippen molar-refractivity contribution < 1.29 is 24.2 Å². The fourth-order valence-corrected chi connectivity index (χ4v) is 2.33. The van der Waals surface area contributed by atoms with Crippen molar-refractivity contribution in [2.24, 2.45) is 0 Å². The van der Waals surface area contributed by atoms with Crippen LogP contribution in [0.5, 0.6) is 11.5 Å². The minimum Gasteiger partial charge on any atom is -0.545 e. The van der Waals surface area contributed by atoms with Gasteiger partial charge in [-0.05, 0) is 36.8 Å². The summed E-state index contributed by atoms with van der Waals surface area (Å²) in [6, 6.07) is 12.4. The van der Waals surface area contributed by atoms with E-state index in [1.165, 1.54) is 37.5 Å². The Bertz CT molecular complexity index is 911. The average Bonchev–Trinajstić information content (AvgIpc) is 2.66. The van der Waals surface area contributed by atoms with E-state index in [1.54, 1.807) is 18.2 Å². The highest BCUT2D eigenvalue weighted by Crippen LogP contribution is 2.32. The highest BCUT2D eigenvalue weighted by Gasteiger charge is 2.14. The van der Waals surface area contributed by atoms with E-state index in [-0.39, 0.29) is 11.1 Å². The summed E-state index contributed by atoms with van der Waals surface area (Å²) in [7, 11) is 1.47. The van der Waals surface area contributed by atoms with Gasteiger partial charge in [-0.15, -0.1) is 0 Å².